The van der Waals surface area contributed by atoms with Gasteiger partial charge in [0.05, 0.1) is 35.7 Å². The quantitative estimate of drug-likeness (QED) is 0.0670. The number of rotatable bonds is 16. The number of hydrogen-bond acceptors (Lipinski definition) is 18. The van der Waals surface area contributed by atoms with Gasteiger partial charge in [0.15, 0.2) is 0 Å². The van der Waals surface area contributed by atoms with Crippen LogP contribution in [0, 0.1) is 17.8 Å². The molecule has 9 rings (SSSR count). The summed E-state index contributed by atoms with van der Waals surface area (Å²) >= 11 is 0. The van der Waals surface area contributed by atoms with E-state index in [9.17, 15) is 30.8 Å². The van der Waals surface area contributed by atoms with Crippen LogP contribution in [0.5, 0.6) is 5.88 Å². The molecule has 2 aliphatic heterocycles. The zero-order valence-electron chi connectivity index (χ0n) is 44.8. The number of sulfonamides is 2. The smallest absolute Gasteiger partial charge is 0.268 e. The number of nitrogens with one attached hydrogen (secondary N) is 2. The van der Waals surface area contributed by atoms with E-state index >= 15 is 0 Å². The van der Waals surface area contributed by atoms with Gasteiger partial charge in [-0.2, -0.15) is 4.39 Å². The van der Waals surface area contributed by atoms with E-state index in [0.29, 0.717) is 78.2 Å². The number of nitrogens with zero attached hydrogens (tertiary/aromatic N) is 8. The first kappa shape index (κ1) is 57.0. The molecular formula is C56H63FN12O8S2. The summed E-state index contributed by atoms with van der Waals surface area (Å²) in [5, 5.41) is 0. The summed E-state index contributed by atoms with van der Waals surface area (Å²) in [4.78, 5) is 55.6. The number of nitrogens with two attached hydrogens (primary N) is 2. The summed E-state index contributed by atoms with van der Waals surface area (Å²) in [7, 11) is -8.55. The average Bonchev–Trinajstić information content (AvgIpc) is 3.96. The molecule has 7 aromatic rings. The Balaban J connectivity index is 0.000000216. The number of benzene rings is 1. The summed E-state index contributed by atoms with van der Waals surface area (Å²) in [5.41, 5.74) is 14.5. The molecule has 8 heterocycles. The Morgan fingerprint density at radius 3 is 1.56 bits per heavy atom. The molecule has 6 aromatic heterocycles. The van der Waals surface area contributed by atoms with Crippen molar-refractivity contribution in [3.63, 3.8) is 0 Å². The summed E-state index contributed by atoms with van der Waals surface area (Å²) in [6.45, 7) is 16.6. The van der Waals surface area contributed by atoms with Crippen molar-refractivity contribution < 1.29 is 40.3 Å². The van der Waals surface area contributed by atoms with Gasteiger partial charge in [-0.05, 0) is 132 Å². The zero-order chi connectivity index (χ0) is 56.9. The SMILES string of the molecule is C[C@@H]1CN(c2nc(-c3ccc(F)nc3)ccc2C(=O)NS(=O)(=O)c2cccnc2N)C(C)(C)C1.C[C@@H]1CN(c2nc(-c3ccc(O[C@@H](C)COCc4ccccc4)nc3)ccc2C(=O)NS(=O)(=O)c2cccnc2N)C(C)(C)C1. The molecule has 2 saturated heterocycles. The number of carbonyl (C=O) groups is 2. The number of anilines is 4. The van der Waals surface area contributed by atoms with Crippen molar-refractivity contribution in [1.29, 1.82) is 0 Å². The van der Waals surface area contributed by atoms with Gasteiger partial charge in [0.2, 0.25) is 11.8 Å². The second kappa shape index (κ2) is 23.4. The maximum Gasteiger partial charge on any atom is 0.268 e. The monoisotopic (exact) mass is 1110 g/mol. The summed E-state index contributed by atoms with van der Waals surface area (Å²) < 4.78 is 81.0. The van der Waals surface area contributed by atoms with Crippen molar-refractivity contribution in [3.8, 4) is 28.4 Å². The summed E-state index contributed by atoms with van der Waals surface area (Å²) in [5.74, 6) is -0.835. The molecule has 2 fully saturated rings. The molecule has 2 aliphatic rings. The minimum atomic E-state index is -4.28. The number of aromatic nitrogens is 6. The molecular weight excluding hydrogens is 1050 g/mol. The van der Waals surface area contributed by atoms with Crippen molar-refractivity contribution in [3.05, 3.63) is 151 Å². The first-order valence-corrected chi connectivity index (χ1v) is 28.4. The van der Waals surface area contributed by atoms with Gasteiger partial charge < -0.3 is 30.7 Å². The van der Waals surface area contributed by atoms with Crippen LogP contribution < -0.4 is 35.4 Å². The van der Waals surface area contributed by atoms with Gasteiger partial charge in [-0.1, -0.05) is 44.2 Å². The van der Waals surface area contributed by atoms with Crippen LogP contribution >= 0.6 is 0 Å². The lowest BCUT2D eigenvalue weighted by Gasteiger charge is -2.34. The van der Waals surface area contributed by atoms with E-state index in [1.54, 1.807) is 36.5 Å². The van der Waals surface area contributed by atoms with Crippen molar-refractivity contribution in [2.45, 2.75) is 94.9 Å². The minimum absolute atomic E-state index is 0.0898. The lowest BCUT2D eigenvalue weighted by atomic mass is 9.97. The molecule has 79 heavy (non-hydrogen) atoms. The molecule has 2 amide bonds. The van der Waals surface area contributed by atoms with E-state index in [0.717, 1.165) is 18.4 Å². The molecule has 0 saturated carbocycles. The minimum Gasteiger partial charge on any atom is -0.472 e. The molecule has 0 bridgehead atoms. The van der Waals surface area contributed by atoms with E-state index in [4.69, 9.17) is 30.9 Å². The van der Waals surface area contributed by atoms with Gasteiger partial charge in [-0.3, -0.25) is 9.59 Å². The normalized spacial score (nSPS) is 17.1. The van der Waals surface area contributed by atoms with Gasteiger partial charge in [0.1, 0.15) is 39.2 Å². The van der Waals surface area contributed by atoms with Crippen LogP contribution in [0.25, 0.3) is 22.5 Å². The van der Waals surface area contributed by atoms with Crippen LogP contribution in [-0.2, 0) is 31.4 Å². The number of pyridine rings is 6. The molecule has 0 aliphatic carbocycles. The van der Waals surface area contributed by atoms with Gasteiger partial charge >= 0.3 is 0 Å². The van der Waals surface area contributed by atoms with Crippen LogP contribution in [0.3, 0.4) is 0 Å². The number of nitrogen functional groups attached to an aromatic ring is 2. The predicted molar refractivity (Wildman–Crippen MR) is 298 cm³/mol. The van der Waals surface area contributed by atoms with E-state index in [2.05, 4.69) is 62.0 Å². The Morgan fingerprint density at radius 1 is 0.658 bits per heavy atom. The zero-order valence-corrected chi connectivity index (χ0v) is 46.4. The molecule has 0 unspecified atom stereocenters. The van der Waals surface area contributed by atoms with E-state index in [1.807, 2.05) is 62.1 Å². The highest BCUT2D eigenvalue weighted by Crippen LogP contribution is 2.40. The Bertz CT molecular complexity index is 3560. The number of ether oxygens (including phenoxy) is 2. The van der Waals surface area contributed by atoms with Crippen molar-refractivity contribution >= 4 is 55.1 Å². The van der Waals surface area contributed by atoms with E-state index in [-0.39, 0.29) is 49.7 Å². The first-order valence-electron chi connectivity index (χ1n) is 25.4. The Hall–Kier alpha value is -8.15. The maximum absolute atomic E-state index is 13.5. The highest BCUT2D eigenvalue weighted by molar-refractivity contribution is 7.90. The maximum atomic E-state index is 13.5. The van der Waals surface area contributed by atoms with Crippen molar-refractivity contribution in [1.82, 2.24) is 39.3 Å². The van der Waals surface area contributed by atoms with Gasteiger partial charge in [-0.15, -0.1) is 0 Å². The van der Waals surface area contributed by atoms with Gasteiger partial charge in [-0.25, -0.2) is 56.2 Å². The number of hydrogen-bond donors (Lipinski definition) is 4. The van der Waals surface area contributed by atoms with Crippen LogP contribution in [0.2, 0.25) is 0 Å². The summed E-state index contributed by atoms with van der Waals surface area (Å²) in [6, 6.07) is 28.1. The molecule has 6 N–H and O–H groups in total. The highest BCUT2D eigenvalue weighted by Gasteiger charge is 2.41. The van der Waals surface area contributed by atoms with E-state index in [1.165, 1.54) is 55.0 Å². The molecule has 0 spiro atoms. The Kier molecular flexibility index (Phi) is 16.9. The van der Waals surface area contributed by atoms with Crippen LogP contribution in [0.4, 0.5) is 27.7 Å². The second-order valence-electron chi connectivity index (χ2n) is 20.9. The van der Waals surface area contributed by atoms with Crippen molar-refractivity contribution in [2.24, 2.45) is 11.8 Å². The van der Waals surface area contributed by atoms with Crippen LogP contribution in [-0.4, -0.2) is 95.4 Å². The Morgan fingerprint density at radius 2 is 1.14 bits per heavy atom. The molecule has 1 aromatic carbocycles. The highest BCUT2D eigenvalue weighted by atomic mass is 32.2. The second-order valence-corrected chi connectivity index (χ2v) is 24.2. The molecule has 23 heteroatoms. The number of carbonyl (C=O) groups excluding carboxylic acids is 2. The Labute approximate surface area is 459 Å². The van der Waals surface area contributed by atoms with Gasteiger partial charge in [0, 0.05) is 66.1 Å². The molecule has 20 nitrogen and oxygen atoms in total. The fraction of sp³-hybridized carbons (Fsp3) is 0.321. The van der Waals surface area contributed by atoms with E-state index < -0.39 is 37.8 Å². The van der Waals surface area contributed by atoms with Crippen LogP contribution in [0.1, 0.15) is 87.6 Å². The molecule has 3 atom stereocenters. The van der Waals surface area contributed by atoms with Gasteiger partial charge in [0.25, 0.3) is 31.9 Å². The lowest BCUT2D eigenvalue weighted by Crippen LogP contribution is -2.41. The third-order valence-electron chi connectivity index (χ3n) is 13.4. The fourth-order valence-electron chi connectivity index (χ4n) is 9.91. The lowest BCUT2D eigenvalue weighted by molar-refractivity contribution is 0.0473. The summed E-state index contributed by atoms with van der Waals surface area (Å²) in [6.07, 6.45) is 7.28. The first-order chi connectivity index (χ1) is 37.4. The molecule has 0 radical (unpaired) electrons. The third-order valence-corrected chi connectivity index (χ3v) is 16.1. The van der Waals surface area contributed by atoms with Crippen molar-refractivity contribution in [2.75, 3.05) is 41.0 Å². The largest absolute Gasteiger partial charge is 0.472 e. The topological polar surface area (TPSA) is 281 Å². The van der Waals surface area contributed by atoms with Crippen LogP contribution in [0.15, 0.2) is 138 Å². The molecule has 414 valence electrons. The standard InChI is InChI=1S/C33H38N6O5S.C23H25FN6O3S/c1-22-17-33(3,4)39(19-22)31-26(32(40)38-45(41,42)28-11-8-16-35-30(28)34)13-14-27(37-31)25-12-15-29(36-18-25)44-23(2)20-43-21-24-9-6-5-7-10-24;1-14-11-23(2,3)30(13-14)21-16(7-8-17(28-21)15-6-9-19(24)27-12-15)22(31)29-34(32,33)18-5-4-10-26-20(18)25/h5-16,18,22-23H,17,19-21H2,1-4H3,(H2,34,35)(H,38,40);4-10,12,14H,11,13H2,1-3H3,(H2,25,26)(H,29,31)/t22-,23-;14-/m00/s1. The third kappa shape index (κ3) is 13.6. The number of halogens is 1. The average molecular weight is 1120 g/mol. The number of amides is 2. The predicted octanol–water partition coefficient (Wildman–Crippen LogP) is 7.85. The fourth-order valence-corrected chi connectivity index (χ4v) is 12.0.